The second kappa shape index (κ2) is 7.86. The molecule has 3 N–H and O–H groups in total. The predicted octanol–water partition coefficient (Wildman–Crippen LogP) is 0.436. The van der Waals surface area contributed by atoms with Crippen LogP contribution in [0.2, 0.25) is 0 Å². The van der Waals surface area contributed by atoms with Gasteiger partial charge in [0.2, 0.25) is 0 Å². The van der Waals surface area contributed by atoms with Gasteiger partial charge in [-0.2, -0.15) is 0 Å². The zero-order valence-electron chi connectivity index (χ0n) is 14.2. The van der Waals surface area contributed by atoms with E-state index in [1.165, 1.54) is 36.0 Å². The number of nitrogens with zero attached hydrogens (tertiary/aromatic N) is 2. The number of hydrogen-bond acceptors (Lipinski definition) is 8. The summed E-state index contributed by atoms with van der Waals surface area (Å²) in [4.78, 5) is 46.7. The number of ether oxygens (including phenoxy) is 1. The summed E-state index contributed by atoms with van der Waals surface area (Å²) in [6.07, 6.45) is -0.870. The third kappa shape index (κ3) is 3.64. The fraction of sp³-hybridized carbons (Fsp3) is 0.312. The lowest BCUT2D eigenvalue weighted by Crippen LogP contribution is -2.70. The third-order valence-corrected chi connectivity index (χ3v) is 5.57. The van der Waals surface area contributed by atoms with Gasteiger partial charge in [-0.05, 0) is 23.3 Å². The molecule has 11 nitrogen and oxygen atoms in total. The van der Waals surface area contributed by atoms with Gasteiger partial charge in [-0.25, -0.2) is 9.59 Å². The maximum absolute atomic E-state index is 12.3. The van der Waals surface area contributed by atoms with Gasteiger partial charge >= 0.3 is 12.1 Å². The molecule has 2 aliphatic rings. The molecule has 0 radical (unpaired) electrons. The minimum Gasteiger partial charge on any atom is -0.477 e. The Morgan fingerprint density at radius 2 is 2.04 bits per heavy atom. The molecule has 1 saturated heterocycles. The Hall–Kier alpha value is -3.12. The van der Waals surface area contributed by atoms with Gasteiger partial charge in [0.15, 0.2) is 0 Å². The standard InChI is InChI=1S/C16H15N3O8S/c20-5-9-7-28-14-11(13(21)18(14)12(9)15(22)23)17-16(24)27-6-8-1-3-10(4-2-8)19(25)26/h1-4,11,14,20H,5-7H2,(H,17,24)(H,22,23)/t11?,14-/m0/s1. The van der Waals surface area contributed by atoms with Crippen molar-refractivity contribution in [3.05, 3.63) is 51.2 Å². The molecule has 2 amide bonds. The van der Waals surface area contributed by atoms with Crippen molar-refractivity contribution in [2.75, 3.05) is 12.4 Å². The van der Waals surface area contributed by atoms with Crippen molar-refractivity contribution in [2.45, 2.75) is 18.0 Å². The maximum atomic E-state index is 12.3. The lowest BCUT2D eigenvalue weighted by atomic mass is 10.0. The van der Waals surface area contributed by atoms with Crippen LogP contribution in [0.15, 0.2) is 35.5 Å². The minimum atomic E-state index is -1.32. The molecule has 0 saturated carbocycles. The highest BCUT2D eigenvalue weighted by atomic mass is 32.2. The first kappa shape index (κ1) is 19.6. The number of amides is 2. The number of alkyl carbamates (subject to hydrolysis) is 1. The van der Waals surface area contributed by atoms with Crippen LogP contribution in [0.25, 0.3) is 0 Å². The van der Waals surface area contributed by atoms with E-state index < -0.39 is 40.9 Å². The predicted molar refractivity (Wildman–Crippen MR) is 95.0 cm³/mol. The number of carbonyl (C=O) groups excluding carboxylic acids is 2. The summed E-state index contributed by atoms with van der Waals surface area (Å²) in [6.45, 7) is -0.623. The molecule has 2 aliphatic heterocycles. The number of nitro groups is 1. The molecule has 1 aromatic rings. The molecular weight excluding hydrogens is 394 g/mol. The van der Waals surface area contributed by atoms with Gasteiger partial charge < -0.3 is 20.3 Å². The number of carboxylic acid groups (broad SMARTS) is 1. The number of thioether (sulfide) groups is 1. The normalized spacial score (nSPS) is 20.9. The number of non-ortho nitro benzene ring substituents is 1. The summed E-state index contributed by atoms with van der Waals surface area (Å²) in [5.74, 6) is -1.70. The van der Waals surface area contributed by atoms with Crippen LogP contribution < -0.4 is 5.32 Å². The Bertz CT molecular complexity index is 869. The van der Waals surface area contributed by atoms with Gasteiger partial charge in [0.1, 0.15) is 23.7 Å². The van der Waals surface area contributed by atoms with Crippen molar-refractivity contribution in [3.63, 3.8) is 0 Å². The Morgan fingerprint density at radius 3 is 2.61 bits per heavy atom. The highest BCUT2D eigenvalue weighted by molar-refractivity contribution is 8.00. The number of carbonyl (C=O) groups is 3. The van der Waals surface area contributed by atoms with Crippen LogP contribution in [-0.2, 0) is 20.9 Å². The van der Waals surface area contributed by atoms with Gasteiger partial charge in [-0.15, -0.1) is 11.8 Å². The molecule has 0 spiro atoms. The van der Waals surface area contributed by atoms with Crippen molar-refractivity contribution >= 4 is 35.4 Å². The number of nitrogens with one attached hydrogen (secondary N) is 1. The molecule has 148 valence electrons. The van der Waals surface area contributed by atoms with E-state index in [1.54, 1.807) is 0 Å². The van der Waals surface area contributed by atoms with Crippen LogP contribution in [0.5, 0.6) is 0 Å². The monoisotopic (exact) mass is 409 g/mol. The summed E-state index contributed by atoms with van der Waals surface area (Å²) in [5, 5.41) is 31.0. The van der Waals surface area contributed by atoms with Gasteiger partial charge in [0.25, 0.3) is 11.6 Å². The minimum absolute atomic E-state index is 0.0905. The van der Waals surface area contributed by atoms with Crippen molar-refractivity contribution < 1.29 is 34.3 Å². The molecule has 0 aromatic heterocycles. The molecule has 28 heavy (non-hydrogen) atoms. The van der Waals surface area contributed by atoms with Crippen LogP contribution in [0.1, 0.15) is 5.56 Å². The zero-order valence-corrected chi connectivity index (χ0v) is 15.0. The quantitative estimate of drug-likeness (QED) is 0.344. The number of fused-ring (bicyclic) bond motifs is 1. The second-order valence-electron chi connectivity index (χ2n) is 5.95. The molecule has 0 aliphatic carbocycles. The lowest BCUT2D eigenvalue weighted by molar-refractivity contribution is -0.384. The van der Waals surface area contributed by atoms with E-state index >= 15 is 0 Å². The number of aliphatic carboxylic acids is 1. The first-order valence-electron chi connectivity index (χ1n) is 8.01. The SMILES string of the molecule is O=C(NC1C(=O)N2C(C(=O)O)=C(CO)CS[C@@H]12)OCc1ccc([N+](=O)[O-])cc1. The molecule has 12 heteroatoms. The third-order valence-electron chi connectivity index (χ3n) is 4.23. The molecule has 1 unspecified atom stereocenters. The number of aliphatic hydroxyl groups is 1. The van der Waals surface area contributed by atoms with Crippen LogP contribution in [0.4, 0.5) is 10.5 Å². The highest BCUT2D eigenvalue weighted by Crippen LogP contribution is 2.40. The van der Waals surface area contributed by atoms with Gasteiger partial charge in [0, 0.05) is 17.9 Å². The van der Waals surface area contributed by atoms with Gasteiger partial charge in [-0.3, -0.25) is 19.8 Å². The van der Waals surface area contributed by atoms with E-state index in [0.717, 1.165) is 4.90 Å². The fourth-order valence-electron chi connectivity index (χ4n) is 2.84. The van der Waals surface area contributed by atoms with Crippen LogP contribution >= 0.6 is 11.8 Å². The smallest absolute Gasteiger partial charge is 0.408 e. The molecule has 0 bridgehead atoms. The number of rotatable bonds is 6. The Morgan fingerprint density at radius 1 is 1.36 bits per heavy atom. The molecule has 1 fully saturated rings. The van der Waals surface area contributed by atoms with E-state index in [-0.39, 0.29) is 29.3 Å². The van der Waals surface area contributed by atoms with Crippen LogP contribution in [0, 0.1) is 10.1 Å². The Kier molecular flexibility index (Phi) is 5.51. The largest absolute Gasteiger partial charge is 0.477 e. The molecule has 2 atom stereocenters. The Balaban J connectivity index is 1.57. The number of hydrogen-bond donors (Lipinski definition) is 3. The number of carboxylic acids is 1. The number of nitro benzene ring substituents is 1. The highest BCUT2D eigenvalue weighted by Gasteiger charge is 2.54. The first-order valence-corrected chi connectivity index (χ1v) is 9.06. The Labute approximate surface area is 162 Å². The average Bonchev–Trinajstić information content (AvgIpc) is 2.69. The van der Waals surface area contributed by atoms with E-state index in [4.69, 9.17) is 4.74 Å². The van der Waals surface area contributed by atoms with E-state index in [0.29, 0.717) is 5.56 Å². The average molecular weight is 409 g/mol. The van der Waals surface area contributed by atoms with Crippen LogP contribution in [0.3, 0.4) is 0 Å². The number of benzene rings is 1. The molecule has 1 aromatic carbocycles. The summed E-state index contributed by atoms with van der Waals surface area (Å²) < 4.78 is 5.01. The molecule has 2 heterocycles. The van der Waals surface area contributed by atoms with E-state index in [2.05, 4.69) is 5.32 Å². The summed E-state index contributed by atoms with van der Waals surface area (Å²) >= 11 is 1.23. The zero-order chi connectivity index (χ0) is 20.4. The summed E-state index contributed by atoms with van der Waals surface area (Å²) in [7, 11) is 0. The first-order chi connectivity index (χ1) is 13.3. The molecular formula is C16H15N3O8S. The molecule has 3 rings (SSSR count). The second-order valence-corrected chi connectivity index (χ2v) is 7.05. The van der Waals surface area contributed by atoms with Gasteiger partial charge in [0.05, 0.1) is 11.5 Å². The van der Waals surface area contributed by atoms with E-state index in [1.807, 2.05) is 0 Å². The summed E-state index contributed by atoms with van der Waals surface area (Å²) in [6, 6.07) is 4.50. The van der Waals surface area contributed by atoms with E-state index in [9.17, 15) is 34.7 Å². The van der Waals surface area contributed by atoms with Crippen molar-refractivity contribution in [1.29, 1.82) is 0 Å². The topological polar surface area (TPSA) is 159 Å². The van der Waals surface area contributed by atoms with Crippen molar-refractivity contribution in [1.82, 2.24) is 10.2 Å². The van der Waals surface area contributed by atoms with Crippen LogP contribution in [-0.4, -0.2) is 61.8 Å². The fourth-order valence-corrected chi connectivity index (χ4v) is 4.17. The van der Waals surface area contributed by atoms with Gasteiger partial charge in [-0.1, -0.05) is 0 Å². The van der Waals surface area contributed by atoms with Crippen molar-refractivity contribution in [3.8, 4) is 0 Å². The summed E-state index contributed by atoms with van der Waals surface area (Å²) in [5.41, 5.74) is 0.417. The van der Waals surface area contributed by atoms with Crippen molar-refractivity contribution in [2.24, 2.45) is 0 Å². The number of β-lactam (4-membered cyclic amide) rings is 1. The maximum Gasteiger partial charge on any atom is 0.408 e. The number of aliphatic hydroxyl groups excluding tert-OH is 1. The lowest BCUT2D eigenvalue weighted by Gasteiger charge is -2.49.